The van der Waals surface area contributed by atoms with E-state index < -0.39 is 6.03 Å². The predicted molar refractivity (Wildman–Crippen MR) is 104 cm³/mol. The minimum atomic E-state index is -0.516. The number of amides is 2. The fourth-order valence-corrected chi connectivity index (χ4v) is 4.32. The molecule has 25 heavy (non-hydrogen) atoms. The molecule has 3 N–H and O–H groups in total. The van der Waals surface area contributed by atoms with Gasteiger partial charge in [-0.25, -0.2) is 4.79 Å². The van der Waals surface area contributed by atoms with Gasteiger partial charge in [0, 0.05) is 34.8 Å². The van der Waals surface area contributed by atoms with Crippen LogP contribution in [0.25, 0.3) is 32.0 Å². The Morgan fingerprint density at radius 3 is 2.88 bits per heavy atom. The lowest BCUT2D eigenvalue weighted by molar-refractivity contribution is 0.248. The van der Waals surface area contributed by atoms with Gasteiger partial charge in [-0.15, -0.1) is 11.3 Å². The highest BCUT2D eigenvalue weighted by Crippen LogP contribution is 2.41. The van der Waals surface area contributed by atoms with E-state index in [1.807, 2.05) is 18.5 Å². The van der Waals surface area contributed by atoms with E-state index in [1.165, 1.54) is 31.5 Å². The van der Waals surface area contributed by atoms with E-state index in [-0.39, 0.29) is 0 Å². The number of nitrogens with one attached hydrogen (secondary N) is 1. The number of carbonyl (C=O) groups excluding carboxylic acids is 1. The van der Waals surface area contributed by atoms with Crippen molar-refractivity contribution in [3.63, 3.8) is 0 Å². The quantitative estimate of drug-likeness (QED) is 0.569. The van der Waals surface area contributed by atoms with Crippen LogP contribution in [-0.4, -0.2) is 11.0 Å². The van der Waals surface area contributed by atoms with Crippen molar-refractivity contribution < 1.29 is 4.79 Å². The molecule has 4 nitrogen and oxygen atoms in total. The molecular weight excluding hydrogens is 330 g/mol. The van der Waals surface area contributed by atoms with Gasteiger partial charge in [0.25, 0.3) is 0 Å². The van der Waals surface area contributed by atoms with E-state index in [4.69, 9.17) is 5.73 Å². The van der Waals surface area contributed by atoms with Gasteiger partial charge in [0.2, 0.25) is 0 Å². The fourth-order valence-electron chi connectivity index (χ4n) is 3.28. The Labute approximate surface area is 149 Å². The van der Waals surface area contributed by atoms with Gasteiger partial charge in [0.1, 0.15) is 0 Å². The monoisotopic (exact) mass is 347 g/mol. The van der Waals surface area contributed by atoms with Crippen LogP contribution in [0.5, 0.6) is 0 Å². The summed E-state index contributed by atoms with van der Waals surface area (Å²) in [5.41, 5.74) is 8.67. The Hall–Kier alpha value is -2.92. The Bertz CT molecular complexity index is 1100. The highest BCUT2D eigenvalue weighted by Gasteiger charge is 2.15. The first-order valence-corrected chi connectivity index (χ1v) is 8.83. The Kier molecular flexibility index (Phi) is 3.86. The standard InChI is InChI=1S/C20H17N3OS/c1-12-19(16-6-7-22-11-18(16)25-12)17-9-13(10-23-20(21)24)8-14-4-2-3-5-15(14)17/h2-9,11H,10H2,1H3,(H3,21,23,24). The second-order valence-electron chi connectivity index (χ2n) is 5.99. The molecule has 2 heterocycles. The molecule has 2 amide bonds. The SMILES string of the molecule is Cc1sc2cnccc2c1-c1cc(CNC(N)=O)cc2ccccc12. The van der Waals surface area contributed by atoms with Crippen molar-refractivity contribution in [2.45, 2.75) is 13.5 Å². The first-order chi connectivity index (χ1) is 12.1. The maximum Gasteiger partial charge on any atom is 0.312 e. The van der Waals surface area contributed by atoms with Crippen LogP contribution in [0.3, 0.4) is 0 Å². The molecule has 0 fully saturated rings. The molecule has 0 saturated heterocycles. The molecule has 0 radical (unpaired) electrons. The highest BCUT2D eigenvalue weighted by molar-refractivity contribution is 7.19. The molecule has 0 aliphatic carbocycles. The van der Waals surface area contributed by atoms with Crippen molar-refractivity contribution in [1.82, 2.24) is 10.3 Å². The van der Waals surface area contributed by atoms with Crippen molar-refractivity contribution in [3.05, 3.63) is 65.3 Å². The number of aryl methyl sites for hydroxylation is 1. The first kappa shape index (κ1) is 15.6. The molecule has 0 aliphatic heterocycles. The van der Waals surface area contributed by atoms with Gasteiger partial charge in [0.15, 0.2) is 0 Å². The topological polar surface area (TPSA) is 68.0 Å². The molecule has 5 heteroatoms. The van der Waals surface area contributed by atoms with Crippen LogP contribution in [-0.2, 0) is 6.54 Å². The molecule has 2 aromatic carbocycles. The van der Waals surface area contributed by atoms with Crippen LogP contribution in [0.15, 0.2) is 54.9 Å². The molecule has 0 atom stereocenters. The smallest absolute Gasteiger partial charge is 0.312 e. The average Bonchev–Trinajstić information content (AvgIpc) is 2.95. The van der Waals surface area contributed by atoms with Crippen molar-refractivity contribution in [2.75, 3.05) is 0 Å². The molecule has 0 spiro atoms. The molecule has 0 saturated carbocycles. The normalized spacial score (nSPS) is 11.1. The maximum absolute atomic E-state index is 11.1. The van der Waals surface area contributed by atoms with Crippen molar-refractivity contribution in [2.24, 2.45) is 5.73 Å². The third-order valence-corrected chi connectivity index (χ3v) is 5.38. The van der Waals surface area contributed by atoms with Gasteiger partial charge in [-0.3, -0.25) is 4.98 Å². The van der Waals surface area contributed by atoms with E-state index in [2.05, 4.69) is 53.6 Å². The van der Waals surface area contributed by atoms with Crippen molar-refractivity contribution >= 4 is 38.2 Å². The Morgan fingerprint density at radius 2 is 2.04 bits per heavy atom. The lowest BCUT2D eigenvalue weighted by atomic mass is 9.94. The van der Waals surface area contributed by atoms with Gasteiger partial charge in [0.05, 0.1) is 4.70 Å². The lowest BCUT2D eigenvalue weighted by Gasteiger charge is -2.12. The molecule has 4 rings (SSSR count). The van der Waals surface area contributed by atoms with E-state index in [9.17, 15) is 4.79 Å². The number of rotatable bonds is 3. The average molecular weight is 347 g/mol. The van der Waals surface area contributed by atoms with E-state index >= 15 is 0 Å². The number of hydrogen-bond acceptors (Lipinski definition) is 3. The third-order valence-electron chi connectivity index (χ3n) is 4.33. The number of urea groups is 1. The predicted octanol–water partition coefficient (Wildman–Crippen LogP) is 4.59. The molecule has 0 bridgehead atoms. The summed E-state index contributed by atoms with van der Waals surface area (Å²) in [7, 11) is 0. The molecule has 0 unspecified atom stereocenters. The zero-order valence-electron chi connectivity index (χ0n) is 13.7. The van der Waals surface area contributed by atoms with Gasteiger partial charge < -0.3 is 11.1 Å². The summed E-state index contributed by atoms with van der Waals surface area (Å²) in [6.07, 6.45) is 3.75. The number of aromatic nitrogens is 1. The number of fused-ring (bicyclic) bond motifs is 2. The molecule has 4 aromatic rings. The summed E-state index contributed by atoms with van der Waals surface area (Å²) in [6, 6.07) is 14.1. The van der Waals surface area contributed by atoms with Crippen LogP contribution in [0.1, 0.15) is 10.4 Å². The van der Waals surface area contributed by atoms with Gasteiger partial charge in [-0.2, -0.15) is 0 Å². The molecule has 124 valence electrons. The minimum Gasteiger partial charge on any atom is -0.352 e. The van der Waals surface area contributed by atoms with Gasteiger partial charge in [-0.05, 0) is 47.0 Å². The summed E-state index contributed by atoms with van der Waals surface area (Å²) >= 11 is 1.75. The number of nitrogens with two attached hydrogens (primary N) is 1. The van der Waals surface area contributed by atoms with E-state index in [0.717, 1.165) is 10.9 Å². The second kappa shape index (κ2) is 6.18. The number of benzene rings is 2. The summed E-state index contributed by atoms with van der Waals surface area (Å²) < 4.78 is 1.18. The van der Waals surface area contributed by atoms with Crippen LogP contribution in [0.4, 0.5) is 4.79 Å². The number of hydrogen-bond donors (Lipinski definition) is 2. The van der Waals surface area contributed by atoms with Gasteiger partial charge in [-0.1, -0.05) is 24.3 Å². The Morgan fingerprint density at radius 1 is 1.20 bits per heavy atom. The number of carbonyl (C=O) groups is 1. The summed E-state index contributed by atoms with van der Waals surface area (Å²) in [6.45, 7) is 2.55. The van der Waals surface area contributed by atoms with Crippen LogP contribution in [0, 0.1) is 6.92 Å². The fraction of sp³-hybridized carbons (Fsp3) is 0.100. The highest BCUT2D eigenvalue weighted by atomic mass is 32.1. The lowest BCUT2D eigenvalue weighted by Crippen LogP contribution is -2.28. The number of thiophene rings is 1. The van der Waals surface area contributed by atoms with Crippen LogP contribution in [0.2, 0.25) is 0 Å². The maximum atomic E-state index is 11.1. The van der Waals surface area contributed by atoms with E-state index in [0.29, 0.717) is 6.54 Å². The summed E-state index contributed by atoms with van der Waals surface area (Å²) in [5, 5.41) is 6.24. The second-order valence-corrected chi connectivity index (χ2v) is 7.24. The molecule has 2 aromatic heterocycles. The number of primary amides is 1. The van der Waals surface area contributed by atoms with Crippen molar-refractivity contribution in [1.29, 1.82) is 0 Å². The summed E-state index contributed by atoms with van der Waals surface area (Å²) in [4.78, 5) is 16.6. The van der Waals surface area contributed by atoms with Crippen LogP contribution >= 0.6 is 11.3 Å². The zero-order valence-corrected chi connectivity index (χ0v) is 14.6. The Balaban J connectivity index is 1.98. The first-order valence-electron chi connectivity index (χ1n) is 8.02. The molecule has 0 aliphatic rings. The van der Waals surface area contributed by atoms with Crippen molar-refractivity contribution in [3.8, 4) is 11.1 Å². The largest absolute Gasteiger partial charge is 0.352 e. The van der Waals surface area contributed by atoms with Crippen LogP contribution < -0.4 is 11.1 Å². The number of pyridine rings is 1. The zero-order chi connectivity index (χ0) is 17.4. The summed E-state index contributed by atoms with van der Waals surface area (Å²) in [5.74, 6) is 0. The minimum absolute atomic E-state index is 0.413. The molecular formula is C20H17N3OS. The third kappa shape index (κ3) is 2.83. The van der Waals surface area contributed by atoms with E-state index in [1.54, 1.807) is 11.3 Å². The van der Waals surface area contributed by atoms with Gasteiger partial charge >= 0.3 is 6.03 Å². The number of nitrogens with zero attached hydrogens (tertiary/aromatic N) is 1.